The normalized spacial score (nSPS) is 12.3. The molecule has 0 spiro atoms. The summed E-state index contributed by atoms with van der Waals surface area (Å²) in [4.78, 5) is 22.7. The number of carboxylic acids is 1. The van der Waals surface area contributed by atoms with Crippen LogP contribution >= 0.6 is 0 Å². The van der Waals surface area contributed by atoms with Crippen LogP contribution in [0, 0.1) is 13.8 Å². The number of aliphatic carboxylic acids is 1. The molecule has 0 unspecified atom stereocenters. The molecule has 1 aromatic rings. The van der Waals surface area contributed by atoms with Crippen molar-refractivity contribution in [3.8, 4) is 0 Å². The van der Waals surface area contributed by atoms with Crippen LogP contribution in [0.1, 0.15) is 36.5 Å². The average Bonchev–Trinajstić information content (AvgIpc) is 2.37. The Hall–Kier alpha value is -2.10. The molecule has 2 N–H and O–H groups in total. The Morgan fingerprint density at radius 2 is 2.05 bits per heavy atom. The van der Waals surface area contributed by atoms with E-state index in [9.17, 15) is 9.59 Å². The molecule has 0 aliphatic heterocycles. The van der Waals surface area contributed by atoms with Crippen LogP contribution in [0.2, 0.25) is 0 Å². The quantitative estimate of drug-likeness (QED) is 0.784. The number of carbonyl (C=O) groups is 2. The number of amides is 1. The van der Waals surface area contributed by atoms with Crippen molar-refractivity contribution in [1.82, 2.24) is 5.32 Å². The summed E-state index contributed by atoms with van der Waals surface area (Å²) in [6, 6.07) is 5.13. The fraction of sp³-hybridized carbons (Fsp3) is 0.375. The molecule has 20 heavy (non-hydrogen) atoms. The molecule has 0 saturated carbocycles. The second-order valence-corrected chi connectivity index (χ2v) is 4.88. The Balaban J connectivity index is 2.69. The third kappa shape index (κ3) is 4.88. The number of hydrogen-bond donors (Lipinski definition) is 2. The van der Waals surface area contributed by atoms with Crippen molar-refractivity contribution in [1.29, 1.82) is 0 Å². The van der Waals surface area contributed by atoms with Gasteiger partial charge in [0.1, 0.15) is 6.04 Å². The molecule has 4 nitrogen and oxygen atoms in total. The van der Waals surface area contributed by atoms with Crippen molar-refractivity contribution in [2.45, 2.75) is 39.7 Å². The summed E-state index contributed by atoms with van der Waals surface area (Å²) >= 11 is 0. The number of nitrogens with one attached hydrogen (secondary N) is 1. The summed E-state index contributed by atoms with van der Waals surface area (Å²) in [7, 11) is 0. The first-order chi connectivity index (χ1) is 9.43. The van der Waals surface area contributed by atoms with Crippen molar-refractivity contribution in [2.24, 2.45) is 0 Å². The van der Waals surface area contributed by atoms with Gasteiger partial charge in [-0.1, -0.05) is 37.1 Å². The molecule has 0 heterocycles. The van der Waals surface area contributed by atoms with Crippen LogP contribution in [0.3, 0.4) is 0 Å². The monoisotopic (exact) mass is 275 g/mol. The van der Waals surface area contributed by atoms with E-state index in [1.165, 1.54) is 6.08 Å². The molecule has 0 bridgehead atoms. The van der Waals surface area contributed by atoms with Gasteiger partial charge in [0.2, 0.25) is 5.91 Å². The van der Waals surface area contributed by atoms with Gasteiger partial charge in [0.05, 0.1) is 0 Å². The number of aryl methyl sites for hydroxylation is 2. The molecule has 0 aromatic heterocycles. The zero-order chi connectivity index (χ0) is 15.1. The van der Waals surface area contributed by atoms with Crippen LogP contribution in [0.5, 0.6) is 0 Å². The van der Waals surface area contributed by atoms with Gasteiger partial charge in [-0.25, -0.2) is 4.79 Å². The van der Waals surface area contributed by atoms with Crippen molar-refractivity contribution in [3.63, 3.8) is 0 Å². The molecule has 0 aliphatic rings. The predicted molar refractivity (Wildman–Crippen MR) is 79.4 cm³/mol. The molecule has 1 rings (SSSR count). The highest BCUT2D eigenvalue weighted by molar-refractivity contribution is 5.94. The van der Waals surface area contributed by atoms with Gasteiger partial charge in [0, 0.05) is 6.08 Å². The van der Waals surface area contributed by atoms with E-state index < -0.39 is 12.0 Å². The third-order valence-electron chi connectivity index (χ3n) is 3.03. The SMILES string of the molecule is CCC[C@@H](NC(=O)/C=C/c1ccc(C)cc1C)C(=O)O. The molecule has 0 fully saturated rings. The highest BCUT2D eigenvalue weighted by Crippen LogP contribution is 2.12. The van der Waals surface area contributed by atoms with Gasteiger partial charge >= 0.3 is 5.97 Å². The van der Waals surface area contributed by atoms with E-state index in [4.69, 9.17) is 5.11 Å². The number of rotatable bonds is 6. The summed E-state index contributed by atoms with van der Waals surface area (Å²) < 4.78 is 0. The molecular formula is C16H21NO3. The maximum Gasteiger partial charge on any atom is 0.326 e. The van der Waals surface area contributed by atoms with Gasteiger partial charge in [0.15, 0.2) is 0 Å². The predicted octanol–water partition coefficient (Wildman–Crippen LogP) is 2.69. The van der Waals surface area contributed by atoms with Gasteiger partial charge in [-0.3, -0.25) is 4.79 Å². The third-order valence-corrected chi connectivity index (χ3v) is 3.03. The van der Waals surface area contributed by atoms with E-state index in [1.807, 2.05) is 39.0 Å². The number of carboxylic acid groups (broad SMARTS) is 1. The lowest BCUT2D eigenvalue weighted by atomic mass is 10.1. The van der Waals surface area contributed by atoms with E-state index in [-0.39, 0.29) is 5.91 Å². The lowest BCUT2D eigenvalue weighted by molar-refractivity contribution is -0.141. The minimum atomic E-state index is -1.000. The lowest BCUT2D eigenvalue weighted by Gasteiger charge is -2.11. The number of hydrogen-bond acceptors (Lipinski definition) is 2. The van der Waals surface area contributed by atoms with E-state index in [0.29, 0.717) is 12.8 Å². The van der Waals surface area contributed by atoms with Crippen LogP contribution < -0.4 is 5.32 Å². The summed E-state index contributed by atoms with van der Waals surface area (Å²) in [6.07, 6.45) is 4.22. The largest absolute Gasteiger partial charge is 0.480 e. The number of carbonyl (C=O) groups excluding carboxylic acids is 1. The summed E-state index contributed by atoms with van der Waals surface area (Å²) in [6.45, 7) is 5.87. The first kappa shape index (κ1) is 16.0. The molecule has 1 amide bonds. The van der Waals surface area contributed by atoms with E-state index in [2.05, 4.69) is 5.32 Å². The van der Waals surface area contributed by atoms with Crippen molar-refractivity contribution in [3.05, 3.63) is 41.0 Å². The lowest BCUT2D eigenvalue weighted by Crippen LogP contribution is -2.39. The van der Waals surface area contributed by atoms with Crippen molar-refractivity contribution >= 4 is 18.0 Å². The minimum Gasteiger partial charge on any atom is -0.480 e. The molecule has 1 atom stereocenters. The molecular weight excluding hydrogens is 254 g/mol. The molecule has 0 aliphatic carbocycles. The van der Waals surface area contributed by atoms with E-state index >= 15 is 0 Å². The smallest absolute Gasteiger partial charge is 0.326 e. The maximum absolute atomic E-state index is 11.7. The Morgan fingerprint density at radius 3 is 2.60 bits per heavy atom. The summed E-state index contributed by atoms with van der Waals surface area (Å²) in [5.74, 6) is -1.38. The first-order valence-electron chi connectivity index (χ1n) is 6.72. The second-order valence-electron chi connectivity index (χ2n) is 4.88. The molecule has 1 aromatic carbocycles. The van der Waals surface area contributed by atoms with Crippen LogP contribution in [0.4, 0.5) is 0 Å². The molecule has 0 saturated heterocycles. The molecule has 108 valence electrons. The Bertz CT molecular complexity index is 520. The first-order valence-corrected chi connectivity index (χ1v) is 6.72. The van der Waals surface area contributed by atoms with Gasteiger partial charge in [0.25, 0.3) is 0 Å². The summed E-state index contributed by atoms with van der Waals surface area (Å²) in [5.41, 5.74) is 3.20. The topological polar surface area (TPSA) is 66.4 Å². The summed E-state index contributed by atoms with van der Waals surface area (Å²) in [5, 5.41) is 11.5. The van der Waals surface area contributed by atoms with Crippen LogP contribution in [0.15, 0.2) is 24.3 Å². The fourth-order valence-corrected chi connectivity index (χ4v) is 1.94. The highest BCUT2D eigenvalue weighted by Gasteiger charge is 2.17. The van der Waals surface area contributed by atoms with Crippen LogP contribution in [-0.4, -0.2) is 23.0 Å². The van der Waals surface area contributed by atoms with Gasteiger partial charge in [-0.05, 0) is 37.5 Å². The van der Waals surface area contributed by atoms with E-state index in [0.717, 1.165) is 16.7 Å². The Kier molecular flexibility index (Phi) is 5.97. The Morgan fingerprint density at radius 1 is 1.35 bits per heavy atom. The highest BCUT2D eigenvalue weighted by atomic mass is 16.4. The zero-order valence-electron chi connectivity index (χ0n) is 12.1. The average molecular weight is 275 g/mol. The second kappa shape index (κ2) is 7.48. The van der Waals surface area contributed by atoms with E-state index in [1.54, 1.807) is 6.08 Å². The molecule has 0 radical (unpaired) electrons. The Labute approximate surface area is 119 Å². The maximum atomic E-state index is 11.7. The van der Waals surface area contributed by atoms with Crippen LogP contribution in [-0.2, 0) is 9.59 Å². The number of benzene rings is 1. The van der Waals surface area contributed by atoms with Gasteiger partial charge in [-0.15, -0.1) is 0 Å². The van der Waals surface area contributed by atoms with Crippen molar-refractivity contribution in [2.75, 3.05) is 0 Å². The van der Waals surface area contributed by atoms with Crippen LogP contribution in [0.25, 0.3) is 6.08 Å². The molecule has 4 heteroatoms. The minimum absolute atomic E-state index is 0.383. The van der Waals surface area contributed by atoms with Gasteiger partial charge in [-0.2, -0.15) is 0 Å². The van der Waals surface area contributed by atoms with Crippen molar-refractivity contribution < 1.29 is 14.7 Å². The standard InChI is InChI=1S/C16H21NO3/c1-4-5-14(16(19)20)17-15(18)9-8-13-7-6-11(2)10-12(13)3/h6-10,14H,4-5H2,1-3H3,(H,17,18)(H,19,20)/b9-8+/t14-/m1/s1. The fourth-order valence-electron chi connectivity index (χ4n) is 1.94. The zero-order valence-corrected chi connectivity index (χ0v) is 12.1. The van der Waals surface area contributed by atoms with Gasteiger partial charge < -0.3 is 10.4 Å².